The summed E-state index contributed by atoms with van der Waals surface area (Å²) in [6, 6.07) is 22.6. The predicted molar refractivity (Wildman–Crippen MR) is 130 cm³/mol. The molecule has 0 unspecified atom stereocenters. The van der Waals surface area contributed by atoms with E-state index in [2.05, 4.69) is 0 Å². The number of aromatic nitrogens is 3. The van der Waals surface area contributed by atoms with Crippen LogP contribution in [-0.4, -0.2) is 22.4 Å². The number of pyridine rings is 2. The number of aryl methyl sites for hydroxylation is 3. The molecule has 0 saturated heterocycles. The molecule has 0 aliphatic heterocycles. The van der Waals surface area contributed by atoms with E-state index in [1.54, 1.807) is 30.5 Å². The molecule has 5 rings (SSSR count). The van der Waals surface area contributed by atoms with Gasteiger partial charge < -0.3 is 4.57 Å². The van der Waals surface area contributed by atoms with Crippen LogP contribution in [0.15, 0.2) is 99.6 Å². The Kier molecular flexibility index (Phi) is 5.37. The van der Waals surface area contributed by atoms with Gasteiger partial charge in [0.05, 0.1) is 10.3 Å². The summed E-state index contributed by atoms with van der Waals surface area (Å²) in [4.78, 5) is 18.0. The molecule has 0 aliphatic carbocycles. The van der Waals surface area contributed by atoms with Crippen molar-refractivity contribution >= 4 is 26.5 Å². The van der Waals surface area contributed by atoms with Crippen LogP contribution in [0, 0.1) is 12.3 Å². The third-order valence-corrected chi connectivity index (χ3v) is 7.69. The van der Waals surface area contributed by atoms with Crippen molar-refractivity contribution in [1.82, 2.24) is 14.0 Å². The average Bonchev–Trinajstić information content (AvgIpc) is 2.85. The Morgan fingerprint density at radius 2 is 1.59 bits per heavy atom. The zero-order chi connectivity index (χ0) is 23.9. The van der Waals surface area contributed by atoms with Crippen molar-refractivity contribution in [2.75, 3.05) is 0 Å². The van der Waals surface area contributed by atoms with Crippen LogP contribution >= 0.6 is 0 Å². The van der Waals surface area contributed by atoms with Crippen molar-refractivity contribution in [3.8, 4) is 0 Å². The molecule has 3 aromatic heterocycles. The van der Waals surface area contributed by atoms with Crippen LogP contribution in [0.1, 0.15) is 11.1 Å². The van der Waals surface area contributed by atoms with Crippen LogP contribution in [0.25, 0.3) is 16.7 Å². The SMILES string of the molecule is Cc1cccn2c(=O)c3cc(S(=O)(=O)c4ccccc4)c(=N)n(CCc4ccccc4)c3nc12. The van der Waals surface area contributed by atoms with Crippen molar-refractivity contribution in [2.24, 2.45) is 0 Å². The Morgan fingerprint density at radius 1 is 0.912 bits per heavy atom. The van der Waals surface area contributed by atoms with E-state index in [1.165, 1.54) is 27.2 Å². The first-order valence-corrected chi connectivity index (χ1v) is 12.3. The summed E-state index contributed by atoms with van der Waals surface area (Å²) in [5, 5.41) is 9.02. The molecule has 2 aromatic carbocycles. The maximum absolute atomic E-state index is 13.5. The first-order chi connectivity index (χ1) is 16.4. The second-order valence-electron chi connectivity index (χ2n) is 8.10. The van der Waals surface area contributed by atoms with E-state index in [4.69, 9.17) is 10.4 Å². The smallest absolute Gasteiger partial charge is 0.267 e. The third-order valence-electron chi connectivity index (χ3n) is 5.91. The molecule has 3 heterocycles. The summed E-state index contributed by atoms with van der Waals surface area (Å²) in [7, 11) is -4.03. The van der Waals surface area contributed by atoms with Gasteiger partial charge in [0.15, 0.2) is 0 Å². The fourth-order valence-electron chi connectivity index (χ4n) is 4.11. The van der Waals surface area contributed by atoms with Crippen molar-refractivity contribution < 1.29 is 8.42 Å². The number of nitrogens with zero attached hydrogens (tertiary/aromatic N) is 3. The van der Waals surface area contributed by atoms with Crippen molar-refractivity contribution in [2.45, 2.75) is 29.7 Å². The van der Waals surface area contributed by atoms with Crippen molar-refractivity contribution in [3.05, 3.63) is 112 Å². The highest BCUT2D eigenvalue weighted by Crippen LogP contribution is 2.21. The molecule has 8 heteroatoms. The summed E-state index contributed by atoms with van der Waals surface area (Å²) in [6.07, 6.45) is 2.17. The van der Waals surface area contributed by atoms with Gasteiger partial charge in [-0.25, -0.2) is 13.4 Å². The van der Waals surface area contributed by atoms with Gasteiger partial charge in [-0.2, -0.15) is 0 Å². The molecule has 34 heavy (non-hydrogen) atoms. The minimum absolute atomic E-state index is 0.0714. The lowest BCUT2D eigenvalue weighted by Crippen LogP contribution is -2.30. The van der Waals surface area contributed by atoms with Crippen molar-refractivity contribution in [1.29, 1.82) is 5.41 Å². The number of nitrogens with one attached hydrogen (secondary N) is 1. The van der Waals surface area contributed by atoms with E-state index in [0.717, 1.165) is 11.1 Å². The lowest BCUT2D eigenvalue weighted by atomic mass is 10.1. The van der Waals surface area contributed by atoms with E-state index in [9.17, 15) is 13.2 Å². The Morgan fingerprint density at radius 3 is 2.29 bits per heavy atom. The first-order valence-electron chi connectivity index (χ1n) is 10.8. The Balaban J connectivity index is 1.83. The van der Waals surface area contributed by atoms with Crippen LogP contribution in [-0.2, 0) is 22.8 Å². The second kappa shape index (κ2) is 8.39. The highest BCUT2D eigenvalue weighted by molar-refractivity contribution is 7.91. The maximum Gasteiger partial charge on any atom is 0.267 e. The second-order valence-corrected chi connectivity index (χ2v) is 10.0. The molecular formula is C26H22N4O3S. The molecule has 170 valence electrons. The first kappa shape index (κ1) is 21.8. The monoisotopic (exact) mass is 470 g/mol. The lowest BCUT2D eigenvalue weighted by molar-refractivity contribution is 0.588. The van der Waals surface area contributed by atoms with Crippen LogP contribution in [0.5, 0.6) is 0 Å². The molecule has 0 radical (unpaired) electrons. The number of fused-ring (bicyclic) bond motifs is 2. The molecule has 0 amide bonds. The molecule has 0 fully saturated rings. The average molecular weight is 471 g/mol. The van der Waals surface area contributed by atoms with Crippen molar-refractivity contribution in [3.63, 3.8) is 0 Å². The summed E-state index contributed by atoms with van der Waals surface area (Å²) in [6.45, 7) is 2.16. The largest absolute Gasteiger partial charge is 0.309 e. The maximum atomic E-state index is 13.5. The summed E-state index contributed by atoms with van der Waals surface area (Å²) >= 11 is 0. The van der Waals surface area contributed by atoms with Gasteiger partial charge in [-0.05, 0) is 48.7 Å². The Labute approximate surface area is 196 Å². The number of hydrogen-bond acceptors (Lipinski definition) is 5. The molecular weight excluding hydrogens is 448 g/mol. The molecule has 0 atom stereocenters. The van der Waals surface area contributed by atoms with Gasteiger partial charge in [0, 0.05) is 12.7 Å². The fourth-order valence-corrected chi connectivity index (χ4v) is 5.51. The lowest BCUT2D eigenvalue weighted by Gasteiger charge is -2.15. The topological polar surface area (TPSA) is 97.3 Å². The summed E-state index contributed by atoms with van der Waals surface area (Å²) in [5.74, 6) is 0. The highest BCUT2D eigenvalue weighted by atomic mass is 32.2. The highest BCUT2D eigenvalue weighted by Gasteiger charge is 2.24. The number of sulfone groups is 1. The van der Waals surface area contributed by atoms with Gasteiger partial charge in [-0.1, -0.05) is 54.6 Å². The number of benzene rings is 2. The fraction of sp³-hybridized carbons (Fsp3) is 0.115. The summed E-state index contributed by atoms with van der Waals surface area (Å²) in [5.41, 5.74) is 2.05. The molecule has 0 spiro atoms. The number of rotatable bonds is 5. The van der Waals surface area contributed by atoms with Gasteiger partial charge >= 0.3 is 0 Å². The van der Waals surface area contributed by atoms with Crippen LogP contribution in [0.4, 0.5) is 0 Å². The Hall–Kier alpha value is -4.04. The van der Waals surface area contributed by atoms with E-state index in [0.29, 0.717) is 24.3 Å². The van der Waals surface area contributed by atoms with Gasteiger partial charge in [0.1, 0.15) is 21.7 Å². The van der Waals surface area contributed by atoms with Gasteiger partial charge in [-0.3, -0.25) is 14.6 Å². The van der Waals surface area contributed by atoms with Gasteiger partial charge in [0.2, 0.25) is 9.84 Å². The van der Waals surface area contributed by atoms with Gasteiger partial charge in [0.25, 0.3) is 5.56 Å². The van der Waals surface area contributed by atoms with Crippen LogP contribution < -0.4 is 11.0 Å². The minimum Gasteiger partial charge on any atom is -0.309 e. The van der Waals surface area contributed by atoms with E-state index < -0.39 is 9.84 Å². The number of hydrogen-bond donors (Lipinski definition) is 1. The molecule has 1 N–H and O–H groups in total. The summed E-state index contributed by atoms with van der Waals surface area (Å²) < 4.78 is 29.9. The molecule has 5 aromatic rings. The van der Waals surface area contributed by atoms with E-state index in [1.807, 2.05) is 43.3 Å². The van der Waals surface area contributed by atoms with Crippen LogP contribution in [0.2, 0.25) is 0 Å². The Bertz CT molecular complexity index is 1760. The van der Waals surface area contributed by atoms with Crippen LogP contribution in [0.3, 0.4) is 0 Å². The molecule has 7 nitrogen and oxygen atoms in total. The molecule has 0 aliphatic rings. The predicted octanol–water partition coefficient (Wildman–Crippen LogP) is 3.51. The molecule has 0 saturated carbocycles. The van der Waals surface area contributed by atoms with E-state index >= 15 is 0 Å². The standard InChI is InChI=1S/C26H22N4O3S/c1-18-9-8-15-30-24(18)28-25-21(26(30)31)17-22(34(32,33)20-12-6-3-7-13-20)23(27)29(25)16-14-19-10-4-2-5-11-19/h2-13,15,17,27H,14,16H2,1H3. The van der Waals surface area contributed by atoms with Gasteiger partial charge in [-0.15, -0.1) is 0 Å². The molecule has 0 bridgehead atoms. The normalized spacial score (nSPS) is 11.8. The zero-order valence-corrected chi connectivity index (χ0v) is 19.3. The quantitative estimate of drug-likeness (QED) is 0.398. The zero-order valence-electron chi connectivity index (χ0n) is 18.5. The van der Waals surface area contributed by atoms with E-state index in [-0.39, 0.29) is 26.2 Å². The minimum atomic E-state index is -4.03. The third kappa shape index (κ3) is 3.62.